The molecule has 3 N–H and O–H groups in total. The lowest BCUT2D eigenvalue weighted by Gasteiger charge is -2.13. The second-order valence-corrected chi connectivity index (χ2v) is 6.27. The predicted octanol–water partition coefficient (Wildman–Crippen LogP) is 4.48. The number of phenols is 1. The van der Waals surface area contributed by atoms with Crippen LogP contribution < -0.4 is 15.4 Å². The third-order valence-electron chi connectivity index (χ3n) is 3.72. The molecule has 0 bridgehead atoms. The summed E-state index contributed by atoms with van der Waals surface area (Å²) in [5.74, 6) is 0.319. The summed E-state index contributed by atoms with van der Waals surface area (Å²) in [5, 5.41) is 15.1. The van der Waals surface area contributed by atoms with Crippen LogP contribution in [0.15, 0.2) is 48.5 Å². The zero-order valence-corrected chi connectivity index (χ0v) is 15.6. The molecular formula is C20H24N2O3S. The minimum Gasteiger partial charge on any atom is -0.508 e. The Morgan fingerprint density at radius 1 is 1.12 bits per heavy atom. The zero-order valence-electron chi connectivity index (χ0n) is 14.8. The number of aromatic hydroxyl groups is 1. The van der Waals surface area contributed by atoms with Crippen molar-refractivity contribution in [2.75, 3.05) is 11.9 Å². The van der Waals surface area contributed by atoms with Crippen molar-refractivity contribution in [2.45, 2.75) is 32.6 Å². The van der Waals surface area contributed by atoms with Crippen molar-refractivity contribution >= 4 is 28.9 Å². The van der Waals surface area contributed by atoms with Crippen molar-refractivity contribution in [3.05, 3.63) is 54.1 Å². The normalized spacial score (nSPS) is 10.2. The van der Waals surface area contributed by atoms with Crippen molar-refractivity contribution in [3.63, 3.8) is 0 Å². The molecular weight excluding hydrogens is 348 g/mol. The molecule has 5 nitrogen and oxygen atoms in total. The molecule has 0 aliphatic rings. The monoisotopic (exact) mass is 372 g/mol. The number of nitrogens with one attached hydrogen (secondary N) is 2. The Labute approximate surface area is 159 Å². The molecule has 6 heteroatoms. The number of ether oxygens (including phenoxy) is 1. The van der Waals surface area contributed by atoms with Crippen molar-refractivity contribution in [2.24, 2.45) is 0 Å². The highest BCUT2D eigenvalue weighted by molar-refractivity contribution is 7.80. The fourth-order valence-corrected chi connectivity index (χ4v) is 2.62. The first-order chi connectivity index (χ1) is 12.6. The summed E-state index contributed by atoms with van der Waals surface area (Å²) in [7, 11) is 0. The van der Waals surface area contributed by atoms with Gasteiger partial charge in [0.2, 0.25) is 0 Å². The first-order valence-corrected chi connectivity index (χ1v) is 9.14. The van der Waals surface area contributed by atoms with Crippen LogP contribution in [0.3, 0.4) is 0 Å². The number of para-hydroxylation sites is 1. The van der Waals surface area contributed by atoms with Crippen LogP contribution in [0.5, 0.6) is 11.5 Å². The largest absolute Gasteiger partial charge is 0.508 e. The number of rotatable bonds is 8. The SMILES string of the molecule is CCCCCCOc1ccccc1C(=O)NC(=S)Nc1cccc(O)c1. The molecule has 2 aromatic carbocycles. The van der Waals surface area contributed by atoms with Gasteiger partial charge in [0, 0.05) is 11.8 Å². The van der Waals surface area contributed by atoms with E-state index in [4.69, 9.17) is 17.0 Å². The summed E-state index contributed by atoms with van der Waals surface area (Å²) < 4.78 is 5.76. The molecule has 2 rings (SSSR count). The average Bonchev–Trinajstić information content (AvgIpc) is 2.61. The maximum absolute atomic E-state index is 12.5. The molecule has 1 amide bonds. The van der Waals surface area contributed by atoms with E-state index in [2.05, 4.69) is 17.6 Å². The molecule has 0 heterocycles. The second-order valence-electron chi connectivity index (χ2n) is 5.86. The average molecular weight is 372 g/mol. The van der Waals surface area contributed by atoms with Crippen LogP contribution in [0.4, 0.5) is 5.69 Å². The van der Waals surface area contributed by atoms with Gasteiger partial charge in [-0.15, -0.1) is 0 Å². The third-order valence-corrected chi connectivity index (χ3v) is 3.92. The van der Waals surface area contributed by atoms with Gasteiger partial charge in [-0.2, -0.15) is 0 Å². The fraction of sp³-hybridized carbons (Fsp3) is 0.300. The number of carbonyl (C=O) groups excluding carboxylic acids is 1. The molecule has 0 fully saturated rings. The van der Waals surface area contributed by atoms with Gasteiger partial charge < -0.3 is 15.2 Å². The van der Waals surface area contributed by atoms with E-state index >= 15 is 0 Å². The minimum absolute atomic E-state index is 0.117. The van der Waals surface area contributed by atoms with E-state index in [-0.39, 0.29) is 16.8 Å². The Bertz CT molecular complexity index is 749. The Balaban J connectivity index is 1.93. The standard InChI is InChI=1S/C20H24N2O3S/c1-2-3-4-7-13-25-18-12-6-5-11-17(18)19(24)22-20(26)21-15-9-8-10-16(23)14-15/h5-6,8-12,14,23H,2-4,7,13H2,1H3,(H2,21,22,24,26). The maximum atomic E-state index is 12.5. The Morgan fingerprint density at radius 3 is 2.69 bits per heavy atom. The fourth-order valence-electron chi connectivity index (χ4n) is 2.41. The van der Waals surface area contributed by atoms with Crippen LogP contribution in [-0.2, 0) is 0 Å². The molecule has 0 atom stereocenters. The number of phenolic OH excluding ortho intramolecular Hbond substituents is 1. The molecule has 0 saturated heterocycles. The number of benzene rings is 2. The molecule has 0 unspecified atom stereocenters. The van der Waals surface area contributed by atoms with E-state index in [0.717, 1.165) is 12.8 Å². The number of carbonyl (C=O) groups is 1. The van der Waals surface area contributed by atoms with Gasteiger partial charge in [0.05, 0.1) is 12.2 Å². The van der Waals surface area contributed by atoms with Gasteiger partial charge in [-0.25, -0.2) is 0 Å². The minimum atomic E-state index is -0.341. The lowest BCUT2D eigenvalue weighted by Crippen LogP contribution is -2.34. The summed E-state index contributed by atoms with van der Waals surface area (Å²) in [4.78, 5) is 12.5. The van der Waals surface area contributed by atoms with Crippen LogP contribution >= 0.6 is 12.2 Å². The van der Waals surface area contributed by atoms with Gasteiger partial charge in [0.15, 0.2) is 5.11 Å². The van der Waals surface area contributed by atoms with E-state index in [1.165, 1.54) is 18.9 Å². The highest BCUT2D eigenvalue weighted by atomic mass is 32.1. The highest BCUT2D eigenvalue weighted by Crippen LogP contribution is 2.19. The van der Waals surface area contributed by atoms with E-state index in [1.807, 2.05) is 6.07 Å². The van der Waals surface area contributed by atoms with Gasteiger partial charge >= 0.3 is 0 Å². The van der Waals surface area contributed by atoms with Gasteiger partial charge in [-0.3, -0.25) is 10.1 Å². The van der Waals surface area contributed by atoms with Crippen molar-refractivity contribution < 1.29 is 14.6 Å². The topological polar surface area (TPSA) is 70.6 Å². The number of thiocarbonyl (C=S) groups is 1. The van der Waals surface area contributed by atoms with E-state index < -0.39 is 0 Å². The van der Waals surface area contributed by atoms with Crippen LogP contribution in [0, 0.1) is 0 Å². The number of unbranched alkanes of at least 4 members (excludes halogenated alkanes) is 3. The lowest BCUT2D eigenvalue weighted by molar-refractivity contribution is 0.0973. The second kappa shape index (κ2) is 10.4. The van der Waals surface area contributed by atoms with Crippen molar-refractivity contribution in [3.8, 4) is 11.5 Å². The lowest BCUT2D eigenvalue weighted by atomic mass is 10.2. The van der Waals surface area contributed by atoms with E-state index in [1.54, 1.807) is 36.4 Å². The molecule has 0 aliphatic carbocycles. The number of anilines is 1. The molecule has 0 radical (unpaired) electrons. The van der Waals surface area contributed by atoms with Gasteiger partial charge in [-0.1, -0.05) is 44.4 Å². The molecule has 0 aromatic heterocycles. The number of amides is 1. The maximum Gasteiger partial charge on any atom is 0.261 e. The van der Waals surface area contributed by atoms with Gasteiger partial charge in [0.1, 0.15) is 11.5 Å². The molecule has 26 heavy (non-hydrogen) atoms. The molecule has 2 aromatic rings. The van der Waals surface area contributed by atoms with Crippen molar-refractivity contribution in [1.82, 2.24) is 5.32 Å². The Hall–Kier alpha value is -2.60. The Morgan fingerprint density at radius 2 is 1.92 bits per heavy atom. The first-order valence-electron chi connectivity index (χ1n) is 8.73. The van der Waals surface area contributed by atoms with Crippen LogP contribution in [0.2, 0.25) is 0 Å². The summed E-state index contributed by atoms with van der Waals surface area (Å²) >= 11 is 5.17. The third kappa shape index (κ3) is 6.37. The van der Waals surface area contributed by atoms with E-state index in [0.29, 0.717) is 23.6 Å². The van der Waals surface area contributed by atoms with Gasteiger partial charge in [-0.05, 0) is 42.9 Å². The smallest absolute Gasteiger partial charge is 0.261 e. The van der Waals surface area contributed by atoms with Crippen LogP contribution in [-0.4, -0.2) is 22.7 Å². The van der Waals surface area contributed by atoms with Crippen LogP contribution in [0.1, 0.15) is 43.0 Å². The Kier molecular flexibility index (Phi) is 7.89. The van der Waals surface area contributed by atoms with E-state index in [9.17, 15) is 9.90 Å². The summed E-state index contributed by atoms with van der Waals surface area (Å²) in [6.07, 6.45) is 4.42. The number of hydrogen-bond donors (Lipinski definition) is 3. The zero-order chi connectivity index (χ0) is 18.8. The first kappa shape index (κ1) is 19.7. The quantitative estimate of drug-likeness (QED) is 0.471. The van der Waals surface area contributed by atoms with Gasteiger partial charge in [0.25, 0.3) is 5.91 Å². The molecule has 138 valence electrons. The summed E-state index contributed by atoms with van der Waals surface area (Å²) in [6.45, 7) is 2.74. The predicted molar refractivity (Wildman–Crippen MR) is 108 cm³/mol. The van der Waals surface area contributed by atoms with Crippen LogP contribution in [0.25, 0.3) is 0 Å². The molecule has 0 saturated carbocycles. The summed E-state index contributed by atoms with van der Waals surface area (Å²) in [5.41, 5.74) is 1.03. The molecule has 0 spiro atoms. The van der Waals surface area contributed by atoms with Crippen molar-refractivity contribution in [1.29, 1.82) is 0 Å². The summed E-state index contributed by atoms with van der Waals surface area (Å²) in [6, 6.07) is 13.6. The highest BCUT2D eigenvalue weighted by Gasteiger charge is 2.13. The number of hydrogen-bond acceptors (Lipinski definition) is 4. The molecule has 0 aliphatic heterocycles.